The van der Waals surface area contributed by atoms with Crippen LogP contribution in [0.25, 0.3) is 0 Å². The molecule has 1 heterocycles. The lowest BCUT2D eigenvalue weighted by Gasteiger charge is -2.28. The average molecular weight is 422 g/mol. The minimum atomic E-state index is -0.524. The first kappa shape index (κ1) is 20.7. The van der Waals surface area contributed by atoms with Crippen LogP contribution in [0.3, 0.4) is 0 Å². The number of carbonyl (C=O) groups excluding carboxylic acids is 1. The number of ether oxygens (including phenoxy) is 3. The highest BCUT2D eigenvalue weighted by molar-refractivity contribution is 6.32. The van der Waals surface area contributed by atoms with Crippen molar-refractivity contribution < 1.29 is 23.9 Å². The molecule has 1 aliphatic heterocycles. The molecule has 0 aliphatic carbocycles. The molecule has 0 aromatic heterocycles. The predicted molar refractivity (Wildman–Crippen MR) is 109 cm³/mol. The Bertz CT molecular complexity index is 930. The first-order valence-corrected chi connectivity index (χ1v) is 9.16. The number of amides is 1. The lowest BCUT2D eigenvalue weighted by molar-refractivity contribution is -0.384. The standard InChI is InChI=1S/C19H20ClN3O6/c1-27-17-11-14(18(28-2)10-13(17)20)21-19(24)12-3-4-15(16(9-12)23(25)26)22-5-7-29-8-6-22/h3-4,9-11H,5-8H2,1-2H3,(H,21,24). The second-order valence-corrected chi connectivity index (χ2v) is 6.61. The topological polar surface area (TPSA) is 103 Å². The summed E-state index contributed by atoms with van der Waals surface area (Å²) in [5, 5.41) is 14.6. The van der Waals surface area contributed by atoms with Crippen LogP contribution in [0.5, 0.6) is 11.5 Å². The molecule has 0 radical (unpaired) electrons. The summed E-state index contributed by atoms with van der Waals surface area (Å²) in [4.78, 5) is 25.7. The van der Waals surface area contributed by atoms with E-state index in [1.165, 1.54) is 32.4 Å². The van der Waals surface area contributed by atoms with Crippen LogP contribution in [0, 0.1) is 10.1 Å². The molecule has 9 nitrogen and oxygen atoms in total. The number of hydrogen-bond acceptors (Lipinski definition) is 7. The molecule has 2 aromatic rings. The molecule has 10 heteroatoms. The number of morpholine rings is 1. The van der Waals surface area contributed by atoms with Crippen LogP contribution in [-0.2, 0) is 4.74 Å². The maximum Gasteiger partial charge on any atom is 0.293 e. The third-order valence-electron chi connectivity index (χ3n) is 4.51. The lowest BCUT2D eigenvalue weighted by Crippen LogP contribution is -2.36. The molecular weight excluding hydrogens is 402 g/mol. The number of hydrogen-bond donors (Lipinski definition) is 1. The summed E-state index contributed by atoms with van der Waals surface area (Å²) in [5.74, 6) is 0.171. The van der Waals surface area contributed by atoms with Crippen molar-refractivity contribution >= 4 is 34.6 Å². The lowest BCUT2D eigenvalue weighted by atomic mass is 10.1. The molecule has 1 fully saturated rings. The van der Waals surface area contributed by atoms with Crippen molar-refractivity contribution in [3.8, 4) is 11.5 Å². The maximum atomic E-state index is 12.7. The Hall–Kier alpha value is -3.04. The average Bonchev–Trinajstić information content (AvgIpc) is 2.74. The van der Waals surface area contributed by atoms with Gasteiger partial charge in [0.15, 0.2) is 0 Å². The highest BCUT2D eigenvalue weighted by Crippen LogP contribution is 2.36. The summed E-state index contributed by atoms with van der Waals surface area (Å²) in [5.41, 5.74) is 0.795. The van der Waals surface area contributed by atoms with Crippen molar-refractivity contribution in [3.05, 3.63) is 51.0 Å². The van der Waals surface area contributed by atoms with E-state index in [0.29, 0.717) is 54.2 Å². The molecular formula is C19H20ClN3O6. The quantitative estimate of drug-likeness (QED) is 0.563. The van der Waals surface area contributed by atoms with Gasteiger partial charge in [-0.3, -0.25) is 14.9 Å². The molecule has 0 unspecified atom stereocenters. The third-order valence-corrected chi connectivity index (χ3v) is 4.80. The van der Waals surface area contributed by atoms with Gasteiger partial charge in [-0.25, -0.2) is 0 Å². The number of anilines is 2. The van der Waals surface area contributed by atoms with E-state index in [0.717, 1.165) is 0 Å². The largest absolute Gasteiger partial charge is 0.495 e. The number of methoxy groups -OCH3 is 2. The van der Waals surface area contributed by atoms with Crippen molar-refractivity contribution in [1.82, 2.24) is 0 Å². The third kappa shape index (κ3) is 4.52. The van der Waals surface area contributed by atoms with Gasteiger partial charge in [-0.1, -0.05) is 11.6 Å². The van der Waals surface area contributed by atoms with Crippen molar-refractivity contribution in [2.45, 2.75) is 0 Å². The van der Waals surface area contributed by atoms with Crippen LogP contribution in [0.1, 0.15) is 10.4 Å². The van der Waals surface area contributed by atoms with E-state index in [1.54, 1.807) is 12.1 Å². The predicted octanol–water partition coefficient (Wildman–Crippen LogP) is 3.35. The summed E-state index contributed by atoms with van der Waals surface area (Å²) < 4.78 is 15.7. The maximum absolute atomic E-state index is 12.7. The minimum Gasteiger partial charge on any atom is -0.495 e. The van der Waals surface area contributed by atoms with Crippen LogP contribution in [0.4, 0.5) is 17.1 Å². The van der Waals surface area contributed by atoms with Crippen LogP contribution < -0.4 is 19.7 Å². The molecule has 1 N–H and O–H groups in total. The zero-order chi connectivity index (χ0) is 21.0. The van der Waals surface area contributed by atoms with E-state index in [-0.39, 0.29) is 11.3 Å². The molecule has 1 aliphatic rings. The van der Waals surface area contributed by atoms with Gasteiger partial charge < -0.3 is 24.4 Å². The SMILES string of the molecule is COc1cc(NC(=O)c2ccc(N3CCOCC3)c([N+](=O)[O-])c2)c(OC)cc1Cl. The molecule has 0 spiro atoms. The van der Waals surface area contributed by atoms with Gasteiger partial charge in [-0.05, 0) is 12.1 Å². The molecule has 0 saturated carbocycles. The molecule has 154 valence electrons. The van der Waals surface area contributed by atoms with Crippen molar-refractivity contribution in [3.63, 3.8) is 0 Å². The van der Waals surface area contributed by atoms with Crippen LogP contribution >= 0.6 is 11.6 Å². The van der Waals surface area contributed by atoms with Crippen LogP contribution in [0.2, 0.25) is 5.02 Å². The van der Waals surface area contributed by atoms with Gasteiger partial charge in [0, 0.05) is 36.9 Å². The highest BCUT2D eigenvalue weighted by atomic mass is 35.5. The van der Waals surface area contributed by atoms with Crippen molar-refractivity contribution in [1.29, 1.82) is 0 Å². The molecule has 1 amide bonds. The number of nitrogens with one attached hydrogen (secondary N) is 1. The first-order chi connectivity index (χ1) is 13.9. The smallest absolute Gasteiger partial charge is 0.293 e. The molecule has 2 aromatic carbocycles. The van der Waals surface area contributed by atoms with E-state index in [9.17, 15) is 14.9 Å². The Morgan fingerprint density at radius 3 is 2.48 bits per heavy atom. The highest BCUT2D eigenvalue weighted by Gasteiger charge is 2.24. The minimum absolute atomic E-state index is 0.139. The fraction of sp³-hybridized carbons (Fsp3) is 0.316. The fourth-order valence-electron chi connectivity index (χ4n) is 3.04. The van der Waals surface area contributed by atoms with Gasteiger partial charge in [0.05, 0.1) is 43.1 Å². The Balaban J connectivity index is 1.90. The first-order valence-electron chi connectivity index (χ1n) is 8.78. The molecule has 0 atom stereocenters. The summed E-state index contributed by atoms with van der Waals surface area (Å²) in [6.07, 6.45) is 0. The normalized spacial score (nSPS) is 13.7. The second-order valence-electron chi connectivity index (χ2n) is 6.20. The Morgan fingerprint density at radius 1 is 1.17 bits per heavy atom. The zero-order valence-electron chi connectivity index (χ0n) is 15.9. The Morgan fingerprint density at radius 2 is 1.86 bits per heavy atom. The number of benzene rings is 2. The molecule has 1 saturated heterocycles. The number of nitrogens with zero attached hydrogens (tertiary/aromatic N) is 2. The van der Waals surface area contributed by atoms with E-state index in [1.807, 2.05) is 4.90 Å². The molecule has 3 rings (SSSR count). The Kier molecular flexibility index (Phi) is 6.40. The van der Waals surface area contributed by atoms with E-state index in [2.05, 4.69) is 5.32 Å². The van der Waals surface area contributed by atoms with Gasteiger partial charge in [0.2, 0.25) is 0 Å². The van der Waals surface area contributed by atoms with Gasteiger partial charge in [0.25, 0.3) is 11.6 Å². The van der Waals surface area contributed by atoms with E-state index < -0.39 is 10.8 Å². The number of carbonyl (C=O) groups is 1. The summed E-state index contributed by atoms with van der Waals surface area (Å²) in [6, 6.07) is 7.43. The van der Waals surface area contributed by atoms with Crippen LogP contribution in [0.15, 0.2) is 30.3 Å². The molecule has 29 heavy (non-hydrogen) atoms. The van der Waals surface area contributed by atoms with E-state index in [4.69, 9.17) is 25.8 Å². The number of nitro benzene ring substituents is 1. The summed E-state index contributed by atoms with van der Waals surface area (Å²) in [7, 11) is 2.89. The monoisotopic (exact) mass is 421 g/mol. The van der Waals surface area contributed by atoms with Gasteiger partial charge in [-0.15, -0.1) is 0 Å². The van der Waals surface area contributed by atoms with Crippen LogP contribution in [-0.4, -0.2) is 51.4 Å². The van der Waals surface area contributed by atoms with Gasteiger partial charge >= 0.3 is 0 Å². The summed E-state index contributed by atoms with van der Waals surface area (Å²) in [6.45, 7) is 2.09. The number of halogens is 1. The number of rotatable bonds is 6. The second kappa shape index (κ2) is 8.97. The van der Waals surface area contributed by atoms with Crippen molar-refractivity contribution in [2.75, 3.05) is 50.7 Å². The Labute approximate surface area is 172 Å². The van der Waals surface area contributed by atoms with Gasteiger partial charge in [0.1, 0.15) is 17.2 Å². The van der Waals surface area contributed by atoms with E-state index >= 15 is 0 Å². The number of nitro groups is 1. The van der Waals surface area contributed by atoms with Gasteiger partial charge in [-0.2, -0.15) is 0 Å². The molecule has 0 bridgehead atoms. The fourth-order valence-corrected chi connectivity index (χ4v) is 3.27. The zero-order valence-corrected chi connectivity index (χ0v) is 16.7. The summed E-state index contributed by atoms with van der Waals surface area (Å²) >= 11 is 6.07. The van der Waals surface area contributed by atoms with Crippen molar-refractivity contribution in [2.24, 2.45) is 0 Å².